The molecule has 1 atom stereocenters. The van der Waals surface area contributed by atoms with Crippen molar-refractivity contribution in [3.63, 3.8) is 0 Å². The summed E-state index contributed by atoms with van der Waals surface area (Å²) in [5, 5.41) is 9.55. The molecule has 3 rings (SSSR count). The van der Waals surface area contributed by atoms with Crippen LogP contribution in [0.3, 0.4) is 0 Å². The summed E-state index contributed by atoms with van der Waals surface area (Å²) in [7, 11) is -1.41. The molecule has 3 aromatic rings. The number of rotatable bonds is 3. The van der Waals surface area contributed by atoms with Gasteiger partial charge in [0.2, 0.25) is 0 Å². The number of nitrogens with zero attached hydrogens (tertiary/aromatic N) is 1. The molecule has 0 amide bonds. The molecule has 102 valence electrons. The summed E-state index contributed by atoms with van der Waals surface area (Å²) in [6.07, 6.45) is 0. The lowest BCUT2D eigenvalue weighted by molar-refractivity contribution is 0.474. The Kier molecular flexibility index (Phi) is 3.15. The van der Waals surface area contributed by atoms with Gasteiger partial charge >= 0.3 is 0 Å². The van der Waals surface area contributed by atoms with Crippen molar-refractivity contribution < 1.29 is 13.7 Å². The second-order valence-corrected chi connectivity index (χ2v) is 5.70. The van der Waals surface area contributed by atoms with E-state index >= 15 is 0 Å². The van der Waals surface area contributed by atoms with E-state index in [2.05, 4.69) is 4.98 Å². The fourth-order valence-electron chi connectivity index (χ4n) is 1.88. The van der Waals surface area contributed by atoms with E-state index in [9.17, 15) is 9.32 Å². The number of aromatic nitrogens is 1. The second-order valence-electron chi connectivity index (χ2n) is 4.37. The molecule has 20 heavy (non-hydrogen) atoms. The standard InChI is InChI=1S/C14H12N2O3S/c15-10-4-5-12-13(7-10)19-14(16-12)20(18)8-9-2-1-3-11(17)6-9/h1-7,17H,8,15H2. The number of benzene rings is 2. The van der Waals surface area contributed by atoms with Crippen LogP contribution < -0.4 is 5.73 Å². The van der Waals surface area contributed by atoms with Crippen LogP contribution >= 0.6 is 0 Å². The molecule has 0 aliphatic carbocycles. The number of hydrogen-bond acceptors (Lipinski definition) is 5. The number of aromatic hydroxyl groups is 1. The topological polar surface area (TPSA) is 89.3 Å². The van der Waals surface area contributed by atoms with Crippen LogP contribution in [0.1, 0.15) is 5.56 Å². The van der Waals surface area contributed by atoms with Crippen LogP contribution in [0.4, 0.5) is 5.69 Å². The van der Waals surface area contributed by atoms with Crippen molar-refractivity contribution in [1.82, 2.24) is 4.98 Å². The summed E-state index contributed by atoms with van der Waals surface area (Å²) in [4.78, 5) is 4.19. The quantitative estimate of drug-likeness (QED) is 0.722. The Labute approximate surface area is 117 Å². The van der Waals surface area contributed by atoms with E-state index in [-0.39, 0.29) is 16.7 Å². The highest BCUT2D eigenvalue weighted by Crippen LogP contribution is 2.22. The smallest absolute Gasteiger partial charge is 0.288 e. The molecule has 1 aromatic heterocycles. The maximum Gasteiger partial charge on any atom is 0.288 e. The summed E-state index contributed by atoms with van der Waals surface area (Å²) >= 11 is 0. The van der Waals surface area contributed by atoms with Gasteiger partial charge < -0.3 is 15.3 Å². The van der Waals surface area contributed by atoms with Crippen LogP contribution in [0.15, 0.2) is 52.1 Å². The van der Waals surface area contributed by atoms with Gasteiger partial charge in [-0.2, -0.15) is 0 Å². The predicted octanol–water partition coefficient (Wildman–Crippen LogP) is 2.42. The number of anilines is 1. The number of hydrogen-bond donors (Lipinski definition) is 2. The van der Waals surface area contributed by atoms with E-state index in [1.165, 1.54) is 0 Å². The first kappa shape index (κ1) is 12.7. The summed E-state index contributed by atoms with van der Waals surface area (Å²) in [5.41, 5.74) is 8.12. The zero-order chi connectivity index (χ0) is 14.1. The van der Waals surface area contributed by atoms with Gasteiger partial charge in [-0.3, -0.25) is 0 Å². The number of nitrogen functional groups attached to an aromatic ring is 1. The third-order valence-electron chi connectivity index (χ3n) is 2.80. The molecule has 0 saturated heterocycles. The predicted molar refractivity (Wildman–Crippen MR) is 76.6 cm³/mol. The number of oxazole rings is 1. The number of fused-ring (bicyclic) bond motifs is 1. The monoisotopic (exact) mass is 288 g/mol. The Balaban J connectivity index is 1.88. The summed E-state index contributed by atoms with van der Waals surface area (Å²) in [5.74, 6) is 0.376. The van der Waals surface area contributed by atoms with E-state index in [1.54, 1.807) is 42.5 Å². The molecule has 2 aromatic carbocycles. The summed E-state index contributed by atoms with van der Waals surface area (Å²) in [6.45, 7) is 0. The Morgan fingerprint density at radius 2 is 2.10 bits per heavy atom. The molecule has 3 N–H and O–H groups in total. The first-order valence-electron chi connectivity index (χ1n) is 5.94. The van der Waals surface area contributed by atoms with Gasteiger partial charge in [-0.25, -0.2) is 9.19 Å². The van der Waals surface area contributed by atoms with E-state index in [0.717, 1.165) is 5.56 Å². The minimum atomic E-state index is -1.41. The van der Waals surface area contributed by atoms with E-state index in [1.807, 2.05) is 0 Å². The summed E-state index contributed by atoms with van der Waals surface area (Å²) < 4.78 is 17.7. The highest BCUT2D eigenvalue weighted by molar-refractivity contribution is 7.84. The van der Waals surface area contributed by atoms with E-state index in [4.69, 9.17) is 10.2 Å². The third kappa shape index (κ3) is 2.50. The maximum atomic E-state index is 12.2. The van der Waals surface area contributed by atoms with Crippen molar-refractivity contribution in [2.75, 3.05) is 5.73 Å². The molecular formula is C14H12N2O3S. The zero-order valence-corrected chi connectivity index (χ0v) is 11.3. The lowest BCUT2D eigenvalue weighted by atomic mass is 10.2. The Morgan fingerprint density at radius 1 is 1.25 bits per heavy atom. The van der Waals surface area contributed by atoms with Crippen LogP contribution in [0.25, 0.3) is 11.1 Å². The second kappa shape index (κ2) is 4.97. The fraction of sp³-hybridized carbons (Fsp3) is 0.0714. The van der Waals surface area contributed by atoms with Crippen LogP contribution in [-0.4, -0.2) is 14.3 Å². The number of phenols is 1. The molecule has 0 aliphatic heterocycles. The van der Waals surface area contributed by atoms with Crippen LogP contribution in [0.5, 0.6) is 5.75 Å². The van der Waals surface area contributed by atoms with E-state index < -0.39 is 10.8 Å². The maximum absolute atomic E-state index is 12.2. The average molecular weight is 288 g/mol. The van der Waals surface area contributed by atoms with Gasteiger partial charge in [-0.05, 0) is 29.8 Å². The van der Waals surface area contributed by atoms with Crippen molar-refractivity contribution in [2.24, 2.45) is 0 Å². The largest absolute Gasteiger partial charge is 0.508 e. The van der Waals surface area contributed by atoms with Gasteiger partial charge in [0.15, 0.2) is 5.58 Å². The van der Waals surface area contributed by atoms with E-state index in [0.29, 0.717) is 16.8 Å². The molecule has 0 bridgehead atoms. The van der Waals surface area contributed by atoms with Crippen molar-refractivity contribution in [2.45, 2.75) is 11.0 Å². The highest BCUT2D eigenvalue weighted by atomic mass is 32.2. The van der Waals surface area contributed by atoms with Crippen molar-refractivity contribution in [3.8, 4) is 5.75 Å². The van der Waals surface area contributed by atoms with Crippen LogP contribution in [-0.2, 0) is 16.6 Å². The molecular weight excluding hydrogens is 276 g/mol. The number of nitrogens with two attached hydrogens (primary N) is 1. The zero-order valence-electron chi connectivity index (χ0n) is 10.4. The minimum absolute atomic E-state index is 0.143. The molecule has 0 saturated carbocycles. The highest BCUT2D eigenvalue weighted by Gasteiger charge is 2.13. The Bertz CT molecular complexity index is 798. The molecule has 5 nitrogen and oxygen atoms in total. The third-order valence-corrected chi connectivity index (χ3v) is 3.96. The lowest BCUT2D eigenvalue weighted by Crippen LogP contribution is -1.96. The fourth-order valence-corrected chi connectivity index (χ4v) is 2.87. The molecule has 0 fully saturated rings. The summed E-state index contributed by atoms with van der Waals surface area (Å²) in [6, 6.07) is 11.7. The number of phenolic OH excluding ortho intramolecular Hbond substituents is 1. The Hall–Kier alpha value is -2.34. The molecule has 0 spiro atoms. The molecule has 1 heterocycles. The van der Waals surface area contributed by atoms with Gasteiger partial charge in [-0.15, -0.1) is 0 Å². The lowest BCUT2D eigenvalue weighted by Gasteiger charge is -1.99. The SMILES string of the molecule is Nc1ccc2nc(S(=O)Cc3cccc(O)c3)oc2c1. The van der Waals surface area contributed by atoms with Gasteiger partial charge in [0, 0.05) is 11.8 Å². The van der Waals surface area contributed by atoms with Crippen molar-refractivity contribution in [3.05, 3.63) is 48.0 Å². The molecule has 0 radical (unpaired) electrons. The van der Waals surface area contributed by atoms with Crippen LogP contribution in [0.2, 0.25) is 0 Å². The van der Waals surface area contributed by atoms with Crippen molar-refractivity contribution in [1.29, 1.82) is 0 Å². The average Bonchev–Trinajstić information content (AvgIpc) is 2.81. The van der Waals surface area contributed by atoms with Crippen LogP contribution in [0, 0.1) is 0 Å². The van der Waals surface area contributed by atoms with Gasteiger partial charge in [0.1, 0.15) is 22.1 Å². The van der Waals surface area contributed by atoms with Crippen molar-refractivity contribution >= 4 is 27.6 Å². The first-order chi connectivity index (χ1) is 9.61. The first-order valence-corrected chi connectivity index (χ1v) is 7.26. The molecule has 6 heteroatoms. The molecule has 0 aliphatic rings. The normalized spacial score (nSPS) is 12.6. The van der Waals surface area contributed by atoms with Gasteiger partial charge in [-0.1, -0.05) is 12.1 Å². The molecule has 1 unspecified atom stereocenters. The van der Waals surface area contributed by atoms with Gasteiger partial charge in [0.25, 0.3) is 5.22 Å². The minimum Gasteiger partial charge on any atom is -0.508 e. The van der Waals surface area contributed by atoms with Gasteiger partial charge in [0.05, 0.1) is 5.75 Å². The Morgan fingerprint density at radius 3 is 2.90 bits per heavy atom.